The number of ether oxygens (including phenoxy) is 2. The number of methoxy groups -OCH3 is 2. The molecule has 2 heterocycles. The van der Waals surface area contributed by atoms with Crippen molar-refractivity contribution in [1.29, 1.82) is 0 Å². The molecule has 9 heteroatoms. The van der Waals surface area contributed by atoms with Gasteiger partial charge in [-0.3, -0.25) is 4.79 Å². The van der Waals surface area contributed by atoms with Crippen LogP contribution in [0.4, 0.5) is 0 Å². The monoisotopic (exact) mass is 424 g/mol. The van der Waals surface area contributed by atoms with Crippen LogP contribution in [0, 0.1) is 6.92 Å². The lowest BCUT2D eigenvalue weighted by Gasteiger charge is -2.23. The van der Waals surface area contributed by atoms with Crippen LogP contribution in [0.3, 0.4) is 0 Å². The second-order valence-corrected chi connectivity index (χ2v) is 9.94. The molecule has 1 aromatic carbocycles. The number of carbonyl (C=O) groups is 1. The van der Waals surface area contributed by atoms with Gasteiger partial charge in [-0.2, -0.15) is 4.31 Å². The number of benzene rings is 1. The van der Waals surface area contributed by atoms with Gasteiger partial charge in [-0.1, -0.05) is 0 Å². The number of thiophene rings is 1. The molecule has 1 fully saturated rings. The van der Waals surface area contributed by atoms with Gasteiger partial charge in [0, 0.05) is 23.5 Å². The Morgan fingerprint density at radius 3 is 2.68 bits per heavy atom. The molecule has 1 unspecified atom stereocenters. The summed E-state index contributed by atoms with van der Waals surface area (Å²) >= 11 is 1.22. The van der Waals surface area contributed by atoms with Crippen LogP contribution < -0.4 is 14.8 Å². The van der Waals surface area contributed by atoms with Crippen LogP contribution >= 0.6 is 11.3 Å². The summed E-state index contributed by atoms with van der Waals surface area (Å²) in [6, 6.07) is 8.01. The number of hydrogen-bond donors (Lipinski definition) is 1. The zero-order valence-electron chi connectivity index (χ0n) is 16.1. The van der Waals surface area contributed by atoms with E-state index in [1.54, 1.807) is 44.6 Å². The summed E-state index contributed by atoms with van der Waals surface area (Å²) in [6.45, 7) is 2.43. The smallest absolute Gasteiger partial charge is 0.253 e. The van der Waals surface area contributed by atoms with E-state index in [9.17, 15) is 13.2 Å². The Bertz CT molecular complexity index is 955. The van der Waals surface area contributed by atoms with Crippen LogP contribution in [0.2, 0.25) is 0 Å². The maximum atomic E-state index is 12.9. The normalized spacial score (nSPS) is 17.5. The van der Waals surface area contributed by atoms with Crippen molar-refractivity contribution in [2.24, 2.45) is 0 Å². The summed E-state index contributed by atoms with van der Waals surface area (Å²) in [5, 5.41) is 2.85. The summed E-state index contributed by atoms with van der Waals surface area (Å²) in [7, 11) is -0.548. The molecule has 1 atom stereocenters. The summed E-state index contributed by atoms with van der Waals surface area (Å²) in [5.41, 5.74) is 0.761. The van der Waals surface area contributed by atoms with Gasteiger partial charge in [0.25, 0.3) is 10.0 Å². The fraction of sp³-hybridized carbons (Fsp3) is 0.421. The van der Waals surface area contributed by atoms with E-state index < -0.39 is 16.1 Å². The molecule has 1 aliphatic heterocycles. The Hall–Kier alpha value is -2.10. The fourth-order valence-electron chi connectivity index (χ4n) is 3.28. The topological polar surface area (TPSA) is 84.9 Å². The standard InChI is InChI=1S/C19H24N2O5S2/c1-13-6-9-18(27-13)28(23,24)21-10-4-5-16(21)19(22)20-12-14-11-15(25-2)7-8-17(14)26-3/h6-9,11,16H,4-5,10,12H2,1-3H3,(H,20,22). The summed E-state index contributed by atoms with van der Waals surface area (Å²) in [5.74, 6) is 0.980. The van der Waals surface area contributed by atoms with Crippen LogP contribution in [0.5, 0.6) is 11.5 Å². The molecule has 2 aromatic rings. The summed E-state index contributed by atoms with van der Waals surface area (Å²) in [4.78, 5) is 13.7. The summed E-state index contributed by atoms with van der Waals surface area (Å²) in [6.07, 6.45) is 1.16. The molecule has 3 rings (SSSR count). The van der Waals surface area contributed by atoms with Gasteiger partial charge in [0.1, 0.15) is 21.8 Å². The van der Waals surface area contributed by atoms with Crippen LogP contribution in [0.15, 0.2) is 34.5 Å². The predicted molar refractivity (Wildman–Crippen MR) is 107 cm³/mol. The van der Waals surface area contributed by atoms with Crippen molar-refractivity contribution >= 4 is 27.3 Å². The van der Waals surface area contributed by atoms with Crippen molar-refractivity contribution < 1.29 is 22.7 Å². The molecule has 0 bridgehead atoms. The number of amides is 1. The van der Waals surface area contributed by atoms with E-state index in [1.165, 1.54) is 15.6 Å². The number of rotatable bonds is 7. The van der Waals surface area contributed by atoms with Crippen molar-refractivity contribution in [3.05, 3.63) is 40.8 Å². The molecule has 0 saturated carbocycles. The minimum absolute atomic E-state index is 0.224. The van der Waals surface area contributed by atoms with Gasteiger partial charge in [0.2, 0.25) is 5.91 Å². The highest BCUT2D eigenvalue weighted by Crippen LogP contribution is 2.30. The van der Waals surface area contributed by atoms with Gasteiger partial charge >= 0.3 is 0 Å². The molecule has 1 aromatic heterocycles. The second kappa shape index (κ2) is 8.50. The third-order valence-corrected chi connectivity index (χ3v) is 8.10. The van der Waals surface area contributed by atoms with Gasteiger partial charge in [-0.05, 0) is 50.1 Å². The van der Waals surface area contributed by atoms with Crippen LogP contribution in [-0.4, -0.2) is 45.4 Å². The quantitative estimate of drug-likeness (QED) is 0.738. The van der Waals surface area contributed by atoms with Crippen LogP contribution in [0.1, 0.15) is 23.3 Å². The number of aryl methyl sites for hydroxylation is 1. The Balaban J connectivity index is 1.74. The molecule has 152 valence electrons. The van der Waals surface area contributed by atoms with E-state index in [1.807, 2.05) is 6.92 Å². The molecule has 0 spiro atoms. The highest BCUT2D eigenvalue weighted by atomic mass is 32.2. The maximum absolute atomic E-state index is 12.9. The molecule has 1 amide bonds. The average molecular weight is 425 g/mol. The highest BCUT2D eigenvalue weighted by molar-refractivity contribution is 7.91. The third-order valence-electron chi connectivity index (χ3n) is 4.73. The van der Waals surface area contributed by atoms with E-state index in [4.69, 9.17) is 9.47 Å². The molecule has 1 aliphatic rings. The second-order valence-electron chi connectivity index (χ2n) is 6.53. The summed E-state index contributed by atoms with van der Waals surface area (Å²) < 4.78 is 38.0. The van der Waals surface area contributed by atoms with E-state index in [-0.39, 0.29) is 16.7 Å². The predicted octanol–water partition coefficient (Wildman–Crippen LogP) is 2.54. The Morgan fingerprint density at radius 2 is 2.04 bits per heavy atom. The van der Waals surface area contributed by atoms with Crippen LogP contribution in [0.25, 0.3) is 0 Å². The van der Waals surface area contributed by atoms with E-state index in [0.29, 0.717) is 30.9 Å². The average Bonchev–Trinajstić information content (AvgIpc) is 3.35. The minimum Gasteiger partial charge on any atom is -0.497 e. The van der Waals surface area contributed by atoms with Gasteiger partial charge in [0.05, 0.1) is 14.2 Å². The first-order chi connectivity index (χ1) is 13.4. The zero-order chi connectivity index (χ0) is 20.3. The third kappa shape index (κ3) is 4.16. The van der Waals surface area contributed by atoms with Gasteiger partial charge < -0.3 is 14.8 Å². The largest absolute Gasteiger partial charge is 0.497 e. The maximum Gasteiger partial charge on any atom is 0.253 e. The minimum atomic E-state index is -3.67. The highest BCUT2D eigenvalue weighted by Gasteiger charge is 2.39. The van der Waals surface area contributed by atoms with E-state index in [0.717, 1.165) is 10.4 Å². The molecular weight excluding hydrogens is 400 g/mol. The Labute approximate surface area is 169 Å². The molecular formula is C19H24N2O5S2. The SMILES string of the molecule is COc1ccc(OC)c(CNC(=O)C2CCCN2S(=O)(=O)c2ccc(C)s2)c1. The molecule has 1 saturated heterocycles. The molecule has 7 nitrogen and oxygen atoms in total. The van der Waals surface area contributed by atoms with E-state index in [2.05, 4.69) is 5.32 Å². The Kier molecular flexibility index (Phi) is 6.26. The van der Waals surface area contributed by atoms with E-state index >= 15 is 0 Å². The number of sulfonamides is 1. The number of nitrogens with zero attached hydrogens (tertiary/aromatic N) is 1. The van der Waals surface area contributed by atoms with Crippen molar-refractivity contribution in [2.45, 2.75) is 36.6 Å². The lowest BCUT2D eigenvalue weighted by Crippen LogP contribution is -2.45. The first-order valence-electron chi connectivity index (χ1n) is 8.93. The fourth-order valence-corrected chi connectivity index (χ4v) is 6.35. The Morgan fingerprint density at radius 1 is 1.25 bits per heavy atom. The lowest BCUT2D eigenvalue weighted by molar-refractivity contribution is -0.124. The van der Waals surface area contributed by atoms with Gasteiger partial charge in [-0.25, -0.2) is 8.42 Å². The van der Waals surface area contributed by atoms with Crippen molar-refractivity contribution in [3.8, 4) is 11.5 Å². The number of nitrogens with one attached hydrogen (secondary N) is 1. The molecule has 28 heavy (non-hydrogen) atoms. The van der Waals surface area contributed by atoms with Crippen molar-refractivity contribution in [2.75, 3.05) is 20.8 Å². The van der Waals surface area contributed by atoms with Gasteiger partial charge in [0.15, 0.2) is 0 Å². The zero-order valence-corrected chi connectivity index (χ0v) is 17.7. The molecule has 1 N–H and O–H groups in total. The first-order valence-corrected chi connectivity index (χ1v) is 11.2. The van der Waals surface area contributed by atoms with Crippen LogP contribution in [-0.2, 0) is 21.4 Å². The number of hydrogen-bond acceptors (Lipinski definition) is 6. The first kappa shape index (κ1) is 20.6. The lowest BCUT2D eigenvalue weighted by atomic mass is 10.1. The van der Waals surface area contributed by atoms with Crippen molar-refractivity contribution in [3.63, 3.8) is 0 Å². The number of carbonyl (C=O) groups excluding carboxylic acids is 1. The van der Waals surface area contributed by atoms with Gasteiger partial charge in [-0.15, -0.1) is 11.3 Å². The molecule has 0 radical (unpaired) electrons. The molecule has 0 aliphatic carbocycles. The van der Waals surface area contributed by atoms with Crippen molar-refractivity contribution in [1.82, 2.24) is 9.62 Å².